The lowest BCUT2D eigenvalue weighted by atomic mass is 10.3. The van der Waals surface area contributed by atoms with Crippen LogP contribution in [0.1, 0.15) is 22.2 Å². The minimum atomic E-state index is -3.31. The average Bonchev–Trinajstić information content (AvgIpc) is 2.93. The Morgan fingerprint density at radius 3 is 2.64 bits per heavy atom. The van der Waals surface area contributed by atoms with E-state index in [9.17, 15) is 13.2 Å². The van der Waals surface area contributed by atoms with E-state index in [1.54, 1.807) is 6.07 Å². The Morgan fingerprint density at radius 1 is 1.27 bits per heavy atom. The number of nitrogens with zero attached hydrogens (tertiary/aromatic N) is 2. The van der Waals surface area contributed by atoms with Crippen LogP contribution in [0.25, 0.3) is 0 Å². The monoisotopic (exact) mass is 340 g/mol. The van der Waals surface area contributed by atoms with E-state index in [0.29, 0.717) is 10.0 Å². The first-order chi connectivity index (χ1) is 10.4. The molecule has 0 atom stereocenters. The number of sulfone groups is 1. The van der Waals surface area contributed by atoms with E-state index in [4.69, 9.17) is 0 Å². The number of hydrogen-bond donors (Lipinski definition) is 2. The zero-order valence-electron chi connectivity index (χ0n) is 12.2. The quantitative estimate of drug-likeness (QED) is 0.822. The number of thiazole rings is 1. The van der Waals surface area contributed by atoms with Crippen LogP contribution in [-0.4, -0.2) is 37.1 Å². The summed E-state index contributed by atoms with van der Waals surface area (Å²) >= 11 is 1.28. The number of aromatic nitrogens is 2. The van der Waals surface area contributed by atoms with E-state index in [1.165, 1.54) is 29.8 Å². The first kappa shape index (κ1) is 16.4. The summed E-state index contributed by atoms with van der Waals surface area (Å²) in [5.74, 6) is -0.228. The van der Waals surface area contributed by atoms with Gasteiger partial charge in [0.25, 0.3) is 5.91 Å². The molecule has 7 nitrogen and oxygen atoms in total. The Bertz CT molecular complexity index is 754. The molecule has 0 spiro atoms. The third-order valence-corrected chi connectivity index (χ3v) is 4.64. The van der Waals surface area contributed by atoms with E-state index < -0.39 is 9.84 Å². The third-order valence-electron chi connectivity index (χ3n) is 2.69. The van der Waals surface area contributed by atoms with Gasteiger partial charge in [0.15, 0.2) is 20.0 Å². The van der Waals surface area contributed by atoms with Crippen LogP contribution in [-0.2, 0) is 16.4 Å². The molecule has 0 aliphatic heterocycles. The topological polar surface area (TPSA) is 101 Å². The highest BCUT2D eigenvalue weighted by molar-refractivity contribution is 7.90. The lowest BCUT2D eigenvalue weighted by Crippen LogP contribution is -2.22. The van der Waals surface area contributed by atoms with Crippen molar-refractivity contribution in [2.24, 2.45) is 0 Å². The molecule has 2 rings (SSSR count). The molecular formula is C13H16N4O3S2. The highest BCUT2D eigenvalue weighted by atomic mass is 32.2. The minimum Gasteiger partial charge on any atom is -0.362 e. The summed E-state index contributed by atoms with van der Waals surface area (Å²) < 4.78 is 22.6. The highest BCUT2D eigenvalue weighted by Crippen LogP contribution is 2.17. The van der Waals surface area contributed by atoms with Crippen LogP contribution < -0.4 is 10.6 Å². The van der Waals surface area contributed by atoms with E-state index in [-0.39, 0.29) is 17.5 Å². The molecule has 0 fully saturated rings. The largest absolute Gasteiger partial charge is 0.362 e. The smallest absolute Gasteiger partial charge is 0.263 e. The lowest BCUT2D eigenvalue weighted by Gasteiger charge is -2.04. The van der Waals surface area contributed by atoms with Gasteiger partial charge in [-0.15, -0.1) is 0 Å². The van der Waals surface area contributed by atoms with Gasteiger partial charge in [0.1, 0.15) is 4.88 Å². The molecule has 0 aliphatic rings. The molecule has 0 unspecified atom stereocenters. The van der Waals surface area contributed by atoms with E-state index in [2.05, 4.69) is 20.6 Å². The van der Waals surface area contributed by atoms with Gasteiger partial charge in [-0.1, -0.05) is 17.4 Å². The fourth-order valence-corrected chi connectivity index (χ4v) is 2.98. The van der Waals surface area contributed by atoms with Crippen molar-refractivity contribution in [1.82, 2.24) is 15.3 Å². The van der Waals surface area contributed by atoms with Gasteiger partial charge in [-0.3, -0.25) is 4.79 Å². The number of nitrogens with one attached hydrogen (secondary N) is 2. The van der Waals surface area contributed by atoms with Gasteiger partial charge < -0.3 is 10.6 Å². The second-order valence-corrected chi connectivity index (χ2v) is 7.51. The summed E-state index contributed by atoms with van der Waals surface area (Å²) in [5, 5.41) is 6.50. The van der Waals surface area contributed by atoms with Crippen LogP contribution in [0, 0.1) is 0 Å². The molecule has 0 bridgehead atoms. The van der Waals surface area contributed by atoms with E-state index >= 15 is 0 Å². The lowest BCUT2D eigenvalue weighted by molar-refractivity contribution is 0.0954. The maximum atomic E-state index is 12.0. The van der Waals surface area contributed by atoms with Gasteiger partial charge in [0.05, 0.1) is 6.20 Å². The summed E-state index contributed by atoms with van der Waals surface area (Å²) in [7, 11) is -3.31. The maximum absolute atomic E-state index is 12.0. The van der Waals surface area contributed by atoms with E-state index in [0.717, 1.165) is 18.4 Å². The molecule has 2 aromatic rings. The van der Waals surface area contributed by atoms with Crippen LogP contribution in [0.2, 0.25) is 0 Å². The van der Waals surface area contributed by atoms with Gasteiger partial charge in [0.2, 0.25) is 0 Å². The number of hydrogen-bond acceptors (Lipinski definition) is 7. The summed E-state index contributed by atoms with van der Waals surface area (Å²) in [6.07, 6.45) is 4.05. The number of rotatable bonds is 6. The average molecular weight is 340 g/mol. The van der Waals surface area contributed by atoms with Crippen molar-refractivity contribution in [2.75, 3.05) is 18.1 Å². The first-order valence-electron chi connectivity index (χ1n) is 6.53. The number of pyridine rings is 1. The maximum Gasteiger partial charge on any atom is 0.263 e. The van der Waals surface area contributed by atoms with Gasteiger partial charge in [0, 0.05) is 25.5 Å². The highest BCUT2D eigenvalue weighted by Gasteiger charge is 2.11. The summed E-state index contributed by atoms with van der Waals surface area (Å²) in [6.45, 7) is 2.96. The first-order valence-corrected chi connectivity index (χ1v) is 9.24. The Kier molecular flexibility index (Phi) is 5.09. The van der Waals surface area contributed by atoms with Crippen LogP contribution in [0.3, 0.4) is 0 Å². The molecular weight excluding hydrogens is 324 g/mol. The zero-order chi connectivity index (χ0) is 16.2. The van der Waals surface area contributed by atoms with Crippen molar-refractivity contribution in [3.63, 3.8) is 0 Å². The summed E-state index contributed by atoms with van der Waals surface area (Å²) in [5.41, 5.74) is 0.720. The molecule has 2 N–H and O–H groups in total. The molecule has 0 aliphatic carbocycles. The van der Waals surface area contributed by atoms with Crippen molar-refractivity contribution in [3.8, 4) is 0 Å². The van der Waals surface area contributed by atoms with Crippen LogP contribution in [0.5, 0.6) is 0 Å². The second kappa shape index (κ2) is 6.84. The van der Waals surface area contributed by atoms with Gasteiger partial charge in [-0.05, 0) is 18.6 Å². The molecule has 9 heteroatoms. The van der Waals surface area contributed by atoms with Gasteiger partial charge >= 0.3 is 0 Å². The van der Waals surface area contributed by atoms with E-state index in [1.807, 2.05) is 6.92 Å². The number of amides is 1. The molecule has 1 amide bonds. The van der Waals surface area contributed by atoms with Crippen LogP contribution in [0.15, 0.2) is 29.6 Å². The van der Waals surface area contributed by atoms with Crippen molar-refractivity contribution >= 4 is 32.2 Å². The predicted molar refractivity (Wildman–Crippen MR) is 84.8 cm³/mol. The molecule has 0 radical (unpaired) electrons. The van der Waals surface area contributed by atoms with Crippen molar-refractivity contribution in [2.45, 2.75) is 18.5 Å². The fraction of sp³-hybridized carbons (Fsp3) is 0.308. The zero-order valence-corrected chi connectivity index (χ0v) is 13.8. The van der Waals surface area contributed by atoms with Crippen molar-refractivity contribution in [1.29, 1.82) is 0 Å². The molecule has 2 heterocycles. The van der Waals surface area contributed by atoms with Crippen molar-refractivity contribution < 1.29 is 13.2 Å². The normalized spacial score (nSPS) is 11.2. The van der Waals surface area contributed by atoms with Gasteiger partial charge in [-0.25, -0.2) is 18.4 Å². The Balaban J connectivity index is 1.95. The molecule has 0 aromatic carbocycles. The molecule has 0 saturated heterocycles. The predicted octanol–water partition coefficient (Wildman–Crippen LogP) is 1.30. The van der Waals surface area contributed by atoms with Crippen molar-refractivity contribution in [3.05, 3.63) is 35.0 Å². The summed E-state index contributed by atoms with van der Waals surface area (Å²) in [4.78, 5) is 20.4. The third kappa shape index (κ3) is 4.25. The molecule has 0 saturated carbocycles. The Hall–Kier alpha value is -2.00. The minimum absolute atomic E-state index is 0.0142. The van der Waals surface area contributed by atoms with Crippen LogP contribution in [0.4, 0.5) is 5.13 Å². The van der Waals surface area contributed by atoms with Crippen LogP contribution >= 0.6 is 11.3 Å². The number of anilines is 1. The fourth-order valence-electron chi connectivity index (χ4n) is 1.62. The Morgan fingerprint density at radius 2 is 2.05 bits per heavy atom. The second-order valence-electron chi connectivity index (χ2n) is 4.52. The standard InChI is InChI=1S/C13H16N4O3S2/c1-3-14-13-17-8-10(21-13)12(18)16-7-9-4-5-11(15-6-9)22(2,19)20/h4-6,8H,3,7H2,1-2H3,(H,14,17)(H,16,18). The SMILES string of the molecule is CCNc1ncc(C(=O)NCc2ccc(S(C)(=O)=O)nc2)s1. The molecule has 2 aromatic heterocycles. The van der Waals surface area contributed by atoms with Gasteiger partial charge in [-0.2, -0.15) is 0 Å². The Labute approximate surface area is 132 Å². The summed E-state index contributed by atoms with van der Waals surface area (Å²) in [6, 6.07) is 3.05. The number of carbonyl (C=O) groups excluding carboxylic acids is 1. The number of carbonyl (C=O) groups is 1. The molecule has 22 heavy (non-hydrogen) atoms. The molecule has 118 valence electrons.